The highest BCUT2D eigenvalue weighted by atomic mass is 79.9. The van der Waals surface area contributed by atoms with Crippen molar-refractivity contribution in [3.05, 3.63) is 0 Å². The highest BCUT2D eigenvalue weighted by Crippen LogP contribution is 2.29. The number of carboxylic acid groups (broad SMARTS) is 1. The molecule has 86 valence electrons. The molecule has 1 heterocycles. The predicted octanol–water partition coefficient (Wildman–Crippen LogP) is 1.48. The molecule has 1 saturated heterocycles. The minimum Gasteiger partial charge on any atom is -0.481 e. The van der Waals surface area contributed by atoms with E-state index in [4.69, 9.17) is 5.11 Å². The number of halogens is 1. The molecule has 15 heavy (non-hydrogen) atoms. The van der Waals surface area contributed by atoms with Gasteiger partial charge in [0, 0.05) is 23.8 Å². The van der Waals surface area contributed by atoms with Gasteiger partial charge in [-0.15, -0.1) is 0 Å². The Bertz CT molecular complexity index is 278. The van der Waals surface area contributed by atoms with Crippen LogP contribution < -0.4 is 0 Å². The van der Waals surface area contributed by atoms with Gasteiger partial charge in [-0.05, 0) is 19.8 Å². The first-order valence-electron chi connectivity index (χ1n) is 4.95. The second kappa shape index (κ2) is 4.51. The lowest BCUT2D eigenvalue weighted by Gasteiger charge is -2.34. The fourth-order valence-corrected chi connectivity index (χ4v) is 2.37. The van der Waals surface area contributed by atoms with Crippen molar-refractivity contribution in [3.63, 3.8) is 0 Å². The Kier molecular flexibility index (Phi) is 3.76. The molecule has 1 N–H and O–H groups in total. The normalized spacial score (nSPS) is 22.2. The predicted molar refractivity (Wildman–Crippen MR) is 59.9 cm³/mol. The zero-order chi connectivity index (χ0) is 11.6. The third kappa shape index (κ3) is 2.93. The molecule has 0 bridgehead atoms. The molecule has 1 unspecified atom stereocenters. The molecule has 1 rings (SSSR count). The molecule has 5 heteroatoms. The van der Waals surface area contributed by atoms with E-state index >= 15 is 0 Å². The summed E-state index contributed by atoms with van der Waals surface area (Å²) in [7, 11) is 0. The van der Waals surface area contributed by atoms with Gasteiger partial charge < -0.3 is 10.0 Å². The second-order valence-electron chi connectivity index (χ2n) is 4.61. The van der Waals surface area contributed by atoms with E-state index in [1.165, 1.54) is 0 Å². The number of hydrogen-bond acceptors (Lipinski definition) is 2. The molecular formula is C10H16BrNO3. The fourth-order valence-electron chi connectivity index (χ4n) is 1.94. The molecule has 4 nitrogen and oxygen atoms in total. The van der Waals surface area contributed by atoms with E-state index in [9.17, 15) is 9.59 Å². The Morgan fingerprint density at radius 2 is 2.27 bits per heavy atom. The second-order valence-corrected chi connectivity index (χ2v) is 5.26. The first kappa shape index (κ1) is 12.5. The Balaban J connectivity index is 2.71. The monoisotopic (exact) mass is 277 g/mol. The summed E-state index contributed by atoms with van der Waals surface area (Å²) in [6.45, 7) is 4.26. The van der Waals surface area contributed by atoms with Crippen LogP contribution in [0.5, 0.6) is 0 Å². The molecular weight excluding hydrogens is 262 g/mol. The fraction of sp³-hybridized carbons (Fsp3) is 0.800. The van der Waals surface area contributed by atoms with Crippen molar-refractivity contribution in [2.75, 3.05) is 11.9 Å². The van der Waals surface area contributed by atoms with Crippen molar-refractivity contribution in [2.45, 2.75) is 32.2 Å². The molecule has 0 spiro atoms. The molecule has 0 aliphatic carbocycles. The van der Waals surface area contributed by atoms with E-state index in [-0.39, 0.29) is 12.3 Å². The van der Waals surface area contributed by atoms with E-state index in [0.29, 0.717) is 18.9 Å². The van der Waals surface area contributed by atoms with E-state index in [1.807, 2.05) is 0 Å². The van der Waals surface area contributed by atoms with Gasteiger partial charge in [-0.25, -0.2) is 0 Å². The average molecular weight is 278 g/mol. The van der Waals surface area contributed by atoms with Crippen LogP contribution in [-0.2, 0) is 9.59 Å². The Morgan fingerprint density at radius 1 is 1.67 bits per heavy atom. The van der Waals surface area contributed by atoms with Crippen LogP contribution in [0.1, 0.15) is 26.7 Å². The number of rotatable bonds is 4. The number of aliphatic carboxylic acids is 1. The number of alkyl halides is 1. The van der Waals surface area contributed by atoms with Gasteiger partial charge in [0.05, 0.1) is 6.42 Å². The van der Waals surface area contributed by atoms with Crippen LogP contribution in [0, 0.1) is 5.92 Å². The van der Waals surface area contributed by atoms with Crippen LogP contribution in [0.25, 0.3) is 0 Å². The van der Waals surface area contributed by atoms with Gasteiger partial charge in [-0.3, -0.25) is 9.59 Å². The van der Waals surface area contributed by atoms with Gasteiger partial charge in [0.2, 0.25) is 5.91 Å². The molecule has 1 aliphatic rings. The van der Waals surface area contributed by atoms with Crippen molar-refractivity contribution in [3.8, 4) is 0 Å². The van der Waals surface area contributed by atoms with E-state index in [0.717, 1.165) is 5.33 Å². The molecule has 1 fully saturated rings. The maximum atomic E-state index is 11.7. The number of carbonyl (C=O) groups is 2. The molecule has 0 aromatic carbocycles. The summed E-state index contributed by atoms with van der Waals surface area (Å²) in [5.74, 6) is -0.494. The quantitative estimate of drug-likeness (QED) is 0.792. The standard InChI is InChI=1S/C10H16BrNO3/c1-10(2,4-9(14)15)12-6-7(5-11)3-8(12)13/h7H,3-6H2,1-2H3,(H,14,15). The minimum absolute atomic E-state index is 0.00620. The van der Waals surface area contributed by atoms with Gasteiger partial charge in [0.15, 0.2) is 0 Å². The topological polar surface area (TPSA) is 57.6 Å². The van der Waals surface area contributed by atoms with Gasteiger partial charge in [0.1, 0.15) is 0 Å². The van der Waals surface area contributed by atoms with Crippen LogP contribution in [0.2, 0.25) is 0 Å². The summed E-state index contributed by atoms with van der Waals surface area (Å²) >= 11 is 3.35. The highest BCUT2D eigenvalue weighted by molar-refractivity contribution is 9.09. The van der Waals surface area contributed by atoms with E-state index in [2.05, 4.69) is 15.9 Å². The van der Waals surface area contributed by atoms with Crippen LogP contribution in [0.3, 0.4) is 0 Å². The first-order chi connectivity index (χ1) is 6.86. The summed E-state index contributed by atoms with van der Waals surface area (Å²) in [6.07, 6.45) is 0.516. The lowest BCUT2D eigenvalue weighted by Crippen LogP contribution is -2.46. The number of amides is 1. The zero-order valence-electron chi connectivity index (χ0n) is 8.99. The van der Waals surface area contributed by atoms with Crippen molar-refractivity contribution in [1.82, 2.24) is 4.90 Å². The summed E-state index contributed by atoms with van der Waals surface area (Å²) < 4.78 is 0. The zero-order valence-corrected chi connectivity index (χ0v) is 10.6. The van der Waals surface area contributed by atoms with E-state index < -0.39 is 11.5 Å². The third-order valence-electron chi connectivity index (χ3n) is 2.74. The molecule has 0 saturated carbocycles. The van der Waals surface area contributed by atoms with Crippen LogP contribution in [0.15, 0.2) is 0 Å². The van der Waals surface area contributed by atoms with Crippen molar-refractivity contribution < 1.29 is 14.7 Å². The number of carboxylic acids is 1. The summed E-state index contributed by atoms with van der Waals surface area (Å²) in [6, 6.07) is 0. The molecule has 1 aliphatic heterocycles. The molecule has 0 aromatic rings. The SMILES string of the molecule is CC(C)(CC(=O)O)N1CC(CBr)CC1=O. The third-order valence-corrected chi connectivity index (χ3v) is 3.65. The Morgan fingerprint density at radius 3 is 2.67 bits per heavy atom. The molecule has 1 atom stereocenters. The van der Waals surface area contributed by atoms with Gasteiger partial charge in [-0.2, -0.15) is 0 Å². The smallest absolute Gasteiger partial charge is 0.305 e. The van der Waals surface area contributed by atoms with Crippen molar-refractivity contribution >= 4 is 27.8 Å². The lowest BCUT2D eigenvalue weighted by molar-refractivity contribution is -0.142. The largest absolute Gasteiger partial charge is 0.481 e. The maximum absolute atomic E-state index is 11.7. The van der Waals surface area contributed by atoms with Crippen molar-refractivity contribution in [2.24, 2.45) is 5.92 Å². The Hall–Kier alpha value is -0.580. The lowest BCUT2D eigenvalue weighted by atomic mass is 9.98. The van der Waals surface area contributed by atoms with Crippen molar-refractivity contribution in [1.29, 1.82) is 0 Å². The minimum atomic E-state index is -0.866. The van der Waals surface area contributed by atoms with Gasteiger partial charge in [-0.1, -0.05) is 15.9 Å². The summed E-state index contributed by atoms with van der Waals surface area (Å²) in [5.41, 5.74) is -0.583. The number of hydrogen-bond donors (Lipinski definition) is 1. The van der Waals surface area contributed by atoms with Crippen LogP contribution >= 0.6 is 15.9 Å². The molecule has 1 amide bonds. The highest BCUT2D eigenvalue weighted by Gasteiger charge is 2.39. The van der Waals surface area contributed by atoms with Crippen LogP contribution in [-0.4, -0.2) is 39.3 Å². The summed E-state index contributed by atoms with van der Waals surface area (Å²) in [5, 5.41) is 9.56. The maximum Gasteiger partial charge on any atom is 0.305 e. The number of nitrogens with zero attached hydrogens (tertiary/aromatic N) is 1. The first-order valence-corrected chi connectivity index (χ1v) is 6.07. The number of carbonyl (C=O) groups excluding carboxylic acids is 1. The van der Waals surface area contributed by atoms with Gasteiger partial charge >= 0.3 is 5.97 Å². The van der Waals surface area contributed by atoms with E-state index in [1.54, 1.807) is 18.7 Å². The average Bonchev–Trinajstić information content (AvgIpc) is 2.45. The van der Waals surface area contributed by atoms with Gasteiger partial charge in [0.25, 0.3) is 0 Å². The summed E-state index contributed by atoms with van der Waals surface area (Å²) in [4.78, 5) is 24.1. The number of likely N-dealkylation sites (tertiary alicyclic amines) is 1. The van der Waals surface area contributed by atoms with Crippen LogP contribution in [0.4, 0.5) is 0 Å². The Labute approximate surface area is 97.8 Å². The molecule has 0 radical (unpaired) electrons. The molecule has 0 aromatic heterocycles.